The first-order valence-electron chi connectivity index (χ1n) is 8.09. The van der Waals surface area contributed by atoms with Crippen molar-refractivity contribution in [2.45, 2.75) is 36.6 Å². The highest BCUT2D eigenvalue weighted by molar-refractivity contribution is 9.09. The van der Waals surface area contributed by atoms with E-state index in [1.807, 2.05) is 0 Å². The summed E-state index contributed by atoms with van der Waals surface area (Å²) in [5, 5.41) is 2.05. The second kappa shape index (κ2) is 10.2. The lowest BCUT2D eigenvalue weighted by Gasteiger charge is -2.33. The molecule has 5 heteroatoms. The Bertz CT molecular complexity index is 519. The number of hydrogen-bond donors (Lipinski definition) is 0. The fourth-order valence-electron chi connectivity index (χ4n) is 2.55. The van der Waals surface area contributed by atoms with E-state index in [9.17, 15) is 0 Å². The number of halogens is 3. The van der Waals surface area contributed by atoms with Crippen molar-refractivity contribution in [3.8, 4) is 0 Å². The van der Waals surface area contributed by atoms with Crippen molar-refractivity contribution in [3.63, 3.8) is 0 Å². The summed E-state index contributed by atoms with van der Waals surface area (Å²) in [4.78, 5) is 0. The third-order valence-corrected chi connectivity index (χ3v) is 5.89. The first kappa shape index (κ1) is 19.5. The number of rotatable bonds is 10. The van der Waals surface area contributed by atoms with E-state index in [1.54, 1.807) is 0 Å². The molecular formula is C18H23Br3O2. The van der Waals surface area contributed by atoms with E-state index in [1.165, 1.54) is 0 Å². The van der Waals surface area contributed by atoms with Gasteiger partial charge in [-0.2, -0.15) is 0 Å². The predicted molar refractivity (Wildman–Crippen MR) is 108 cm³/mol. The van der Waals surface area contributed by atoms with E-state index >= 15 is 0 Å². The van der Waals surface area contributed by atoms with Crippen molar-refractivity contribution < 1.29 is 9.47 Å². The van der Waals surface area contributed by atoms with E-state index in [-0.39, 0.29) is 0 Å². The summed E-state index contributed by atoms with van der Waals surface area (Å²) in [6.07, 6.45) is 7.31. The van der Waals surface area contributed by atoms with Crippen molar-refractivity contribution in [2.24, 2.45) is 0 Å². The Labute approximate surface area is 164 Å². The normalized spacial score (nSPS) is 20.0. The average Bonchev–Trinajstić information content (AvgIpc) is 2.58. The molecule has 0 fully saturated rings. The van der Waals surface area contributed by atoms with Gasteiger partial charge in [0.2, 0.25) is 0 Å². The van der Waals surface area contributed by atoms with Gasteiger partial charge in [0.15, 0.2) is 4.51 Å². The molecule has 1 aromatic carbocycles. The van der Waals surface area contributed by atoms with Gasteiger partial charge in [-0.05, 0) is 47.7 Å². The van der Waals surface area contributed by atoms with Crippen molar-refractivity contribution in [1.29, 1.82) is 0 Å². The summed E-state index contributed by atoms with van der Waals surface area (Å²) in [6, 6.07) is 8.36. The maximum atomic E-state index is 6.18. The molecule has 1 aliphatic carbocycles. The quantitative estimate of drug-likeness (QED) is 0.269. The molecule has 0 bridgehead atoms. The zero-order valence-electron chi connectivity index (χ0n) is 13.2. The van der Waals surface area contributed by atoms with Crippen LogP contribution in [0.1, 0.15) is 43.2 Å². The lowest BCUT2D eigenvalue weighted by atomic mass is 9.93. The Morgan fingerprint density at radius 1 is 0.957 bits per heavy atom. The van der Waals surface area contributed by atoms with Crippen LogP contribution in [-0.4, -0.2) is 23.9 Å². The van der Waals surface area contributed by atoms with Gasteiger partial charge in [0.05, 0.1) is 6.61 Å². The first-order chi connectivity index (χ1) is 11.2. The monoisotopic (exact) mass is 508 g/mol. The summed E-state index contributed by atoms with van der Waals surface area (Å²) in [7, 11) is 0. The Morgan fingerprint density at radius 2 is 1.65 bits per heavy atom. The maximum Gasteiger partial charge on any atom is 0.152 e. The van der Waals surface area contributed by atoms with Crippen LogP contribution in [0.4, 0.5) is 0 Å². The largest absolute Gasteiger partial charge is 0.493 e. The Hall–Kier alpha value is 0.160. The van der Waals surface area contributed by atoms with Gasteiger partial charge in [0.1, 0.15) is 5.76 Å². The Balaban J connectivity index is 2.05. The third-order valence-electron chi connectivity index (χ3n) is 3.79. The van der Waals surface area contributed by atoms with Crippen LogP contribution in [0, 0.1) is 0 Å². The number of fused-ring (bicyclic) bond motifs is 1. The van der Waals surface area contributed by atoms with Gasteiger partial charge in [-0.1, -0.05) is 56.1 Å². The van der Waals surface area contributed by atoms with Crippen LogP contribution in [0.25, 0.3) is 5.76 Å². The maximum absolute atomic E-state index is 6.18. The molecule has 0 spiro atoms. The standard InChI is InChI=1S/C18H23Br3O2/c19-11-3-5-13-22-17-9-10-18(21,23-14-6-4-12-20)16-8-2-1-7-15(16)17/h1-2,7-9H,3-6,10-14H2. The molecular weight excluding hydrogens is 488 g/mol. The van der Waals surface area contributed by atoms with Crippen LogP contribution < -0.4 is 0 Å². The van der Waals surface area contributed by atoms with E-state index in [0.29, 0.717) is 0 Å². The molecule has 0 N–H and O–H groups in total. The molecule has 0 aromatic heterocycles. The van der Waals surface area contributed by atoms with Crippen LogP contribution in [-0.2, 0) is 14.0 Å². The van der Waals surface area contributed by atoms with Crippen molar-refractivity contribution in [2.75, 3.05) is 23.9 Å². The SMILES string of the molecule is BrCCCCOC1=CCC(Br)(OCCCCBr)c2ccccc21. The third kappa shape index (κ3) is 5.58. The zero-order chi connectivity index (χ0) is 16.5. The minimum Gasteiger partial charge on any atom is -0.493 e. The van der Waals surface area contributed by atoms with Crippen LogP contribution in [0.5, 0.6) is 0 Å². The average molecular weight is 511 g/mol. The molecule has 0 aliphatic heterocycles. The fraction of sp³-hybridized carbons (Fsp3) is 0.556. The van der Waals surface area contributed by atoms with Gasteiger partial charge in [0, 0.05) is 34.8 Å². The number of alkyl halides is 3. The molecule has 23 heavy (non-hydrogen) atoms. The molecule has 0 saturated carbocycles. The van der Waals surface area contributed by atoms with Crippen molar-refractivity contribution in [3.05, 3.63) is 41.5 Å². The van der Waals surface area contributed by atoms with Crippen LogP contribution in [0.2, 0.25) is 0 Å². The summed E-state index contributed by atoms with van der Waals surface area (Å²) >= 11 is 10.7. The Morgan fingerprint density at radius 3 is 2.39 bits per heavy atom. The molecule has 1 aliphatic rings. The van der Waals surface area contributed by atoms with E-state index in [2.05, 4.69) is 78.1 Å². The molecule has 1 unspecified atom stereocenters. The van der Waals surface area contributed by atoms with Gasteiger partial charge >= 0.3 is 0 Å². The highest BCUT2D eigenvalue weighted by atomic mass is 79.9. The molecule has 128 valence electrons. The van der Waals surface area contributed by atoms with Gasteiger partial charge in [0.25, 0.3) is 0 Å². The van der Waals surface area contributed by atoms with Crippen LogP contribution >= 0.6 is 47.8 Å². The smallest absolute Gasteiger partial charge is 0.152 e. The van der Waals surface area contributed by atoms with Crippen molar-refractivity contribution >= 4 is 53.5 Å². The minimum absolute atomic E-state index is 0.432. The Kier molecular flexibility index (Phi) is 8.66. The molecule has 0 radical (unpaired) electrons. The summed E-state index contributed by atoms with van der Waals surface area (Å²) in [5.74, 6) is 0.981. The fourth-order valence-corrected chi connectivity index (χ4v) is 4.01. The van der Waals surface area contributed by atoms with Gasteiger partial charge in [-0.25, -0.2) is 0 Å². The van der Waals surface area contributed by atoms with Crippen LogP contribution in [0.3, 0.4) is 0 Å². The summed E-state index contributed by atoms with van der Waals surface area (Å²) in [5.41, 5.74) is 2.30. The predicted octanol–water partition coefficient (Wildman–Crippen LogP) is 6.36. The van der Waals surface area contributed by atoms with Gasteiger partial charge in [-0.3, -0.25) is 0 Å². The van der Waals surface area contributed by atoms with Gasteiger partial charge in [-0.15, -0.1) is 0 Å². The second-order valence-corrected chi connectivity index (χ2v) is 8.40. The summed E-state index contributed by atoms with van der Waals surface area (Å²) < 4.78 is 11.8. The molecule has 2 nitrogen and oxygen atoms in total. The number of benzene rings is 1. The number of hydrogen-bond acceptors (Lipinski definition) is 2. The highest BCUT2D eigenvalue weighted by Gasteiger charge is 2.35. The van der Waals surface area contributed by atoms with Gasteiger partial charge < -0.3 is 9.47 Å². The molecule has 1 aromatic rings. The van der Waals surface area contributed by atoms with E-state index in [4.69, 9.17) is 9.47 Å². The minimum atomic E-state index is -0.432. The lowest BCUT2D eigenvalue weighted by molar-refractivity contribution is 0.0271. The first-order valence-corrected chi connectivity index (χ1v) is 11.1. The molecule has 0 amide bonds. The lowest BCUT2D eigenvalue weighted by Crippen LogP contribution is -2.27. The van der Waals surface area contributed by atoms with E-state index in [0.717, 1.165) is 72.9 Å². The molecule has 1 atom stereocenters. The highest BCUT2D eigenvalue weighted by Crippen LogP contribution is 2.45. The van der Waals surface area contributed by atoms with Crippen molar-refractivity contribution in [1.82, 2.24) is 0 Å². The zero-order valence-corrected chi connectivity index (χ0v) is 18.0. The van der Waals surface area contributed by atoms with Crippen LogP contribution in [0.15, 0.2) is 30.3 Å². The summed E-state index contributed by atoms with van der Waals surface area (Å²) in [6.45, 7) is 1.51. The van der Waals surface area contributed by atoms with E-state index < -0.39 is 4.51 Å². The second-order valence-electron chi connectivity index (χ2n) is 5.54. The molecule has 0 saturated heterocycles. The molecule has 2 rings (SSSR count). The number of ether oxygens (including phenoxy) is 2. The molecule has 0 heterocycles. The number of unbranched alkanes of at least 4 members (excludes halogenated alkanes) is 2. The topological polar surface area (TPSA) is 18.5 Å².